The zero-order valence-corrected chi connectivity index (χ0v) is 13.3. The molecule has 2 saturated heterocycles. The Hall–Kier alpha value is -1.65. The Labute approximate surface area is 133 Å². The van der Waals surface area contributed by atoms with Crippen LogP contribution in [0.25, 0.3) is 6.08 Å². The summed E-state index contributed by atoms with van der Waals surface area (Å²) in [5.74, 6) is 0.250. The van der Waals surface area contributed by atoms with Crippen LogP contribution in [0.4, 0.5) is 0 Å². The van der Waals surface area contributed by atoms with E-state index in [1.165, 1.54) is 0 Å². The van der Waals surface area contributed by atoms with Gasteiger partial charge in [0.25, 0.3) is 0 Å². The summed E-state index contributed by atoms with van der Waals surface area (Å²) in [5.41, 5.74) is 1.15. The lowest BCUT2D eigenvalue weighted by atomic mass is 10.1. The van der Waals surface area contributed by atoms with E-state index in [1.54, 1.807) is 0 Å². The first-order chi connectivity index (χ1) is 10.7. The third-order valence-electron chi connectivity index (χ3n) is 4.65. The van der Waals surface area contributed by atoms with Gasteiger partial charge in [-0.05, 0) is 12.6 Å². The van der Waals surface area contributed by atoms with Gasteiger partial charge in [0, 0.05) is 51.7 Å². The molecule has 1 atom stereocenters. The molecule has 0 spiro atoms. The molecule has 118 valence electrons. The topological polar surface area (TPSA) is 26.8 Å². The monoisotopic (exact) mass is 299 g/mol. The molecule has 0 N–H and O–H groups in total. The average molecular weight is 299 g/mol. The fourth-order valence-corrected chi connectivity index (χ4v) is 3.33. The van der Waals surface area contributed by atoms with Crippen molar-refractivity contribution < 1.29 is 4.79 Å². The van der Waals surface area contributed by atoms with Crippen molar-refractivity contribution in [2.45, 2.75) is 12.5 Å². The number of nitrogens with zero attached hydrogens (tertiary/aromatic N) is 3. The molecular formula is C18H25N3O. The summed E-state index contributed by atoms with van der Waals surface area (Å²) in [7, 11) is 2.17. The summed E-state index contributed by atoms with van der Waals surface area (Å²) < 4.78 is 0. The first-order valence-corrected chi connectivity index (χ1v) is 8.14. The molecule has 0 bridgehead atoms. The zero-order valence-electron chi connectivity index (χ0n) is 13.3. The van der Waals surface area contributed by atoms with Crippen molar-refractivity contribution in [3.8, 4) is 0 Å². The summed E-state index contributed by atoms with van der Waals surface area (Å²) >= 11 is 0. The second-order valence-electron chi connectivity index (χ2n) is 6.31. The molecule has 0 saturated carbocycles. The lowest BCUT2D eigenvalue weighted by Gasteiger charge is -2.46. The zero-order chi connectivity index (χ0) is 15.4. The molecule has 2 aliphatic rings. The number of fused-ring (bicyclic) bond motifs is 1. The molecular weight excluding hydrogens is 274 g/mol. The van der Waals surface area contributed by atoms with E-state index >= 15 is 0 Å². The van der Waals surface area contributed by atoms with Crippen molar-refractivity contribution in [3.05, 3.63) is 42.0 Å². The number of likely N-dealkylation sites (N-methyl/N-ethyl adjacent to an activating group) is 1. The molecule has 2 heterocycles. The summed E-state index contributed by atoms with van der Waals surface area (Å²) in [5, 5.41) is 0. The van der Waals surface area contributed by atoms with Crippen molar-refractivity contribution in [2.75, 3.05) is 46.3 Å². The molecule has 22 heavy (non-hydrogen) atoms. The van der Waals surface area contributed by atoms with Crippen LogP contribution in [0.2, 0.25) is 0 Å². The number of carbonyl (C=O) groups is 1. The maximum atomic E-state index is 12.4. The highest BCUT2D eigenvalue weighted by Crippen LogP contribution is 2.15. The van der Waals surface area contributed by atoms with E-state index in [0.29, 0.717) is 12.5 Å². The molecule has 2 aliphatic heterocycles. The largest absolute Gasteiger partial charge is 0.340 e. The van der Waals surface area contributed by atoms with Gasteiger partial charge in [-0.3, -0.25) is 9.69 Å². The second-order valence-corrected chi connectivity index (χ2v) is 6.31. The quantitative estimate of drug-likeness (QED) is 0.847. The van der Waals surface area contributed by atoms with E-state index in [9.17, 15) is 4.79 Å². The first kappa shape index (κ1) is 15.3. The van der Waals surface area contributed by atoms with E-state index < -0.39 is 0 Å². The minimum atomic E-state index is 0.250. The molecule has 0 unspecified atom stereocenters. The number of hydrogen-bond donors (Lipinski definition) is 0. The molecule has 1 aromatic carbocycles. The van der Waals surface area contributed by atoms with Gasteiger partial charge >= 0.3 is 0 Å². The maximum Gasteiger partial charge on any atom is 0.226 e. The Bertz CT molecular complexity index is 528. The van der Waals surface area contributed by atoms with Crippen molar-refractivity contribution in [3.63, 3.8) is 0 Å². The van der Waals surface area contributed by atoms with Crippen LogP contribution < -0.4 is 0 Å². The number of benzene rings is 1. The first-order valence-electron chi connectivity index (χ1n) is 8.14. The van der Waals surface area contributed by atoms with Crippen molar-refractivity contribution in [2.24, 2.45) is 0 Å². The lowest BCUT2D eigenvalue weighted by molar-refractivity contribution is -0.134. The van der Waals surface area contributed by atoms with Gasteiger partial charge in [-0.25, -0.2) is 0 Å². The number of piperazine rings is 2. The minimum Gasteiger partial charge on any atom is -0.340 e. The molecule has 4 nitrogen and oxygen atoms in total. The SMILES string of the molecule is CN1CCN2CCN(C(=O)C/C=C/c3ccccc3)C[C@@H]2C1. The van der Waals surface area contributed by atoms with Crippen LogP contribution in [0.1, 0.15) is 12.0 Å². The number of carbonyl (C=O) groups excluding carboxylic acids is 1. The molecule has 3 rings (SSSR count). The number of rotatable bonds is 3. The van der Waals surface area contributed by atoms with Gasteiger partial charge in [-0.1, -0.05) is 42.5 Å². The van der Waals surface area contributed by atoms with Gasteiger partial charge in [0.05, 0.1) is 0 Å². The summed E-state index contributed by atoms with van der Waals surface area (Å²) in [6.45, 7) is 6.12. The molecule has 4 heteroatoms. The van der Waals surface area contributed by atoms with E-state index in [2.05, 4.69) is 29.0 Å². The Kier molecular flexibility index (Phi) is 4.90. The summed E-state index contributed by atoms with van der Waals surface area (Å²) in [6.07, 6.45) is 4.51. The standard InChI is InChI=1S/C18H25N3O/c1-19-10-11-20-12-13-21(15-17(20)14-19)18(22)9-5-8-16-6-3-2-4-7-16/h2-8,17H,9-15H2,1H3/b8-5+/t17-/m0/s1. The smallest absolute Gasteiger partial charge is 0.226 e. The molecule has 1 aromatic rings. The molecule has 0 aliphatic carbocycles. The van der Waals surface area contributed by atoms with Gasteiger partial charge in [-0.15, -0.1) is 0 Å². The van der Waals surface area contributed by atoms with E-state index in [1.807, 2.05) is 35.3 Å². The molecule has 0 aromatic heterocycles. The fourth-order valence-electron chi connectivity index (χ4n) is 3.33. The maximum absolute atomic E-state index is 12.4. The highest BCUT2D eigenvalue weighted by molar-refractivity contribution is 5.78. The van der Waals surface area contributed by atoms with Gasteiger partial charge in [0.1, 0.15) is 0 Å². The highest BCUT2D eigenvalue weighted by atomic mass is 16.2. The predicted molar refractivity (Wildman–Crippen MR) is 89.5 cm³/mol. The summed E-state index contributed by atoms with van der Waals surface area (Å²) in [6, 6.07) is 10.6. The van der Waals surface area contributed by atoms with Crippen LogP contribution in [-0.2, 0) is 4.79 Å². The van der Waals surface area contributed by atoms with E-state index in [4.69, 9.17) is 0 Å². The minimum absolute atomic E-state index is 0.250. The summed E-state index contributed by atoms with van der Waals surface area (Å²) in [4.78, 5) is 19.3. The van der Waals surface area contributed by atoms with Crippen LogP contribution in [0.3, 0.4) is 0 Å². The third-order valence-corrected chi connectivity index (χ3v) is 4.65. The second kappa shape index (κ2) is 7.07. The Morgan fingerprint density at radius 2 is 1.91 bits per heavy atom. The Balaban J connectivity index is 1.51. The Morgan fingerprint density at radius 1 is 1.14 bits per heavy atom. The fraction of sp³-hybridized carbons (Fsp3) is 0.500. The van der Waals surface area contributed by atoms with Crippen molar-refractivity contribution in [1.82, 2.24) is 14.7 Å². The molecule has 1 amide bonds. The van der Waals surface area contributed by atoms with Crippen molar-refractivity contribution >= 4 is 12.0 Å². The molecule has 0 radical (unpaired) electrons. The highest BCUT2D eigenvalue weighted by Gasteiger charge is 2.32. The van der Waals surface area contributed by atoms with Crippen LogP contribution in [0.5, 0.6) is 0 Å². The van der Waals surface area contributed by atoms with Gasteiger partial charge in [-0.2, -0.15) is 0 Å². The van der Waals surface area contributed by atoms with Gasteiger partial charge in [0.15, 0.2) is 0 Å². The van der Waals surface area contributed by atoms with Gasteiger partial charge in [0.2, 0.25) is 5.91 Å². The average Bonchev–Trinajstić information content (AvgIpc) is 2.55. The van der Waals surface area contributed by atoms with Crippen LogP contribution >= 0.6 is 0 Å². The normalized spacial score (nSPS) is 23.7. The number of hydrogen-bond acceptors (Lipinski definition) is 3. The van der Waals surface area contributed by atoms with E-state index in [-0.39, 0.29) is 5.91 Å². The molecule has 2 fully saturated rings. The predicted octanol–water partition coefficient (Wildman–Crippen LogP) is 1.55. The van der Waals surface area contributed by atoms with Crippen LogP contribution in [0, 0.1) is 0 Å². The lowest BCUT2D eigenvalue weighted by Crippen LogP contribution is -2.62. The van der Waals surface area contributed by atoms with Crippen molar-refractivity contribution in [1.29, 1.82) is 0 Å². The number of amides is 1. The third kappa shape index (κ3) is 3.76. The van der Waals surface area contributed by atoms with Gasteiger partial charge < -0.3 is 9.80 Å². The van der Waals surface area contributed by atoms with E-state index in [0.717, 1.165) is 44.8 Å². The van der Waals surface area contributed by atoms with Crippen LogP contribution in [-0.4, -0.2) is 73.0 Å². The Morgan fingerprint density at radius 3 is 2.73 bits per heavy atom. The van der Waals surface area contributed by atoms with Crippen LogP contribution in [0.15, 0.2) is 36.4 Å².